The number of hydrogen-bond acceptors (Lipinski definition) is 2. The van der Waals surface area contributed by atoms with Gasteiger partial charge in [0.2, 0.25) is 0 Å². The molecule has 3 heteroatoms. The lowest BCUT2D eigenvalue weighted by atomic mass is 10.1. The van der Waals surface area contributed by atoms with Gasteiger partial charge >= 0.3 is 8.03 Å². The first-order chi connectivity index (χ1) is 8.24. The van der Waals surface area contributed by atoms with Gasteiger partial charge in [0.15, 0.2) is 6.66 Å². The molecule has 2 nitrogen and oxygen atoms in total. The highest BCUT2D eigenvalue weighted by molar-refractivity contribution is 7.38. The molecule has 2 rings (SSSR count). The van der Waals surface area contributed by atoms with Crippen molar-refractivity contribution in [3.63, 3.8) is 0 Å². The minimum atomic E-state index is -1.35. The molecule has 0 aromatic heterocycles. The molecular weight excluding hydrogens is 243 g/mol. The summed E-state index contributed by atoms with van der Waals surface area (Å²) < 4.78 is 14.0. The molecule has 96 valence electrons. The Morgan fingerprint density at radius 2 is 1.11 bits per heavy atom. The third-order valence-electron chi connectivity index (χ3n) is 2.14. The summed E-state index contributed by atoms with van der Waals surface area (Å²) in [4.78, 5) is 0. The Kier molecular flexibility index (Phi) is 8.73. The van der Waals surface area contributed by atoms with Crippen molar-refractivity contribution < 1.29 is 9.09 Å². The third-order valence-corrected chi connectivity index (χ3v) is 2.65. The highest BCUT2D eigenvalue weighted by atomic mass is 31.1. The summed E-state index contributed by atoms with van der Waals surface area (Å²) in [6.07, 6.45) is 0. The van der Waals surface area contributed by atoms with Gasteiger partial charge in [-0.2, -0.15) is 0 Å². The van der Waals surface area contributed by atoms with Gasteiger partial charge in [-0.05, 0) is 15.7 Å². The maximum Gasteiger partial charge on any atom is 0.504 e. The van der Waals surface area contributed by atoms with E-state index in [1.165, 1.54) is 24.9 Å². The summed E-state index contributed by atoms with van der Waals surface area (Å²) in [5.74, 6) is 0. The van der Waals surface area contributed by atoms with Gasteiger partial charge in [-0.15, -0.1) is 4.52 Å². The van der Waals surface area contributed by atoms with Crippen LogP contribution in [0, 0.1) is 0 Å². The van der Waals surface area contributed by atoms with Crippen molar-refractivity contribution in [2.75, 3.05) is 13.8 Å². The summed E-state index contributed by atoms with van der Waals surface area (Å²) in [7, 11) is 0.0671. The lowest BCUT2D eigenvalue weighted by Gasteiger charge is -1.98. The van der Waals surface area contributed by atoms with E-state index < -0.39 is 8.03 Å². The first-order valence-electron chi connectivity index (χ1n) is 5.29. The van der Waals surface area contributed by atoms with Gasteiger partial charge in [-0.25, -0.2) is 0 Å². The molecule has 0 fully saturated rings. The SMILES string of the molecule is C.CO[P+](C)=O.c1ccc(-c2ccccc2)cc1. The first-order valence-corrected chi connectivity index (χ1v) is 6.92. The third kappa shape index (κ3) is 6.29. The van der Waals surface area contributed by atoms with Crippen LogP contribution in [-0.4, -0.2) is 13.8 Å². The molecular formula is C15H20O2P+. The molecule has 1 unspecified atom stereocenters. The number of benzene rings is 2. The molecule has 0 aliphatic heterocycles. The van der Waals surface area contributed by atoms with E-state index in [0.29, 0.717) is 0 Å². The molecule has 0 spiro atoms. The van der Waals surface area contributed by atoms with Crippen molar-refractivity contribution in [3.05, 3.63) is 60.7 Å². The van der Waals surface area contributed by atoms with Gasteiger partial charge in [-0.3, -0.25) is 0 Å². The minimum absolute atomic E-state index is 0. The molecule has 0 aliphatic carbocycles. The van der Waals surface area contributed by atoms with Crippen molar-refractivity contribution in [2.45, 2.75) is 7.43 Å². The molecule has 0 heterocycles. The fraction of sp³-hybridized carbons (Fsp3) is 0.200. The summed E-state index contributed by atoms with van der Waals surface area (Å²) in [5.41, 5.74) is 2.55. The highest BCUT2D eigenvalue weighted by Gasteiger charge is 1.96. The number of rotatable bonds is 2. The number of hydrogen-bond donors (Lipinski definition) is 0. The van der Waals surface area contributed by atoms with Crippen LogP contribution in [0.4, 0.5) is 0 Å². The van der Waals surface area contributed by atoms with Crippen molar-refractivity contribution in [1.82, 2.24) is 0 Å². The quantitative estimate of drug-likeness (QED) is 0.713. The van der Waals surface area contributed by atoms with Gasteiger partial charge in [0.05, 0.1) is 7.11 Å². The second kappa shape index (κ2) is 9.52. The van der Waals surface area contributed by atoms with Crippen LogP contribution in [0.2, 0.25) is 0 Å². The van der Waals surface area contributed by atoms with E-state index in [9.17, 15) is 4.57 Å². The molecule has 2 aromatic carbocycles. The second-order valence-corrected chi connectivity index (χ2v) is 4.60. The van der Waals surface area contributed by atoms with E-state index in [0.717, 1.165) is 0 Å². The lowest BCUT2D eigenvalue weighted by Crippen LogP contribution is -1.73. The smallest absolute Gasteiger partial charge is 0.150 e. The Bertz CT molecular complexity index is 403. The maximum atomic E-state index is 9.74. The monoisotopic (exact) mass is 263 g/mol. The van der Waals surface area contributed by atoms with Crippen LogP contribution >= 0.6 is 8.03 Å². The first kappa shape index (κ1) is 16.5. The normalized spacial score (nSPS) is 9.56. The zero-order valence-electron chi connectivity index (χ0n) is 10.0. The summed E-state index contributed by atoms with van der Waals surface area (Å²) in [5, 5.41) is 0. The zero-order chi connectivity index (χ0) is 12.5. The molecule has 1 atom stereocenters. The Morgan fingerprint density at radius 3 is 1.33 bits per heavy atom. The van der Waals surface area contributed by atoms with E-state index in [1.54, 1.807) is 0 Å². The van der Waals surface area contributed by atoms with E-state index in [4.69, 9.17) is 0 Å². The molecule has 0 radical (unpaired) electrons. The van der Waals surface area contributed by atoms with E-state index in [2.05, 4.69) is 53.1 Å². The van der Waals surface area contributed by atoms with Gasteiger partial charge < -0.3 is 0 Å². The van der Waals surface area contributed by atoms with Crippen LogP contribution in [0.5, 0.6) is 0 Å². The van der Waals surface area contributed by atoms with Gasteiger partial charge in [0.25, 0.3) is 0 Å². The molecule has 0 saturated carbocycles. The molecule has 2 aromatic rings. The largest absolute Gasteiger partial charge is 0.504 e. The summed E-state index contributed by atoms with van der Waals surface area (Å²) in [6.45, 7) is 1.51. The standard InChI is InChI=1S/C12H10.C2H6O2P.CH4/c1-3-7-11(8-4-1)12-9-5-2-6-10-12;1-4-5(2)3;/h1-10H;1-2H3;1H4/q;+1;. The van der Waals surface area contributed by atoms with Crippen LogP contribution in [0.1, 0.15) is 7.43 Å². The van der Waals surface area contributed by atoms with Crippen LogP contribution in [-0.2, 0) is 9.09 Å². The molecule has 0 aliphatic rings. The van der Waals surface area contributed by atoms with E-state index >= 15 is 0 Å². The molecule has 0 saturated heterocycles. The lowest BCUT2D eigenvalue weighted by molar-refractivity contribution is 0.419. The van der Waals surface area contributed by atoms with Crippen molar-refractivity contribution >= 4 is 8.03 Å². The van der Waals surface area contributed by atoms with E-state index in [-0.39, 0.29) is 7.43 Å². The van der Waals surface area contributed by atoms with Crippen molar-refractivity contribution in [2.24, 2.45) is 0 Å². The Balaban J connectivity index is 0.000000421. The van der Waals surface area contributed by atoms with Gasteiger partial charge in [0.1, 0.15) is 0 Å². The zero-order valence-corrected chi connectivity index (χ0v) is 10.9. The predicted molar refractivity (Wildman–Crippen MR) is 79.1 cm³/mol. The molecule has 0 amide bonds. The fourth-order valence-corrected chi connectivity index (χ4v) is 1.26. The summed E-state index contributed by atoms with van der Waals surface area (Å²) >= 11 is 0. The molecule has 0 N–H and O–H groups in total. The van der Waals surface area contributed by atoms with E-state index in [1.807, 2.05) is 12.1 Å². The molecule has 0 bridgehead atoms. The van der Waals surface area contributed by atoms with Gasteiger partial charge in [-0.1, -0.05) is 68.1 Å². The van der Waals surface area contributed by atoms with Crippen LogP contribution in [0.25, 0.3) is 11.1 Å². The average Bonchev–Trinajstić information content (AvgIpc) is 2.41. The predicted octanol–water partition coefficient (Wildman–Crippen LogP) is 4.99. The van der Waals surface area contributed by atoms with Crippen LogP contribution in [0.3, 0.4) is 0 Å². The molecule has 18 heavy (non-hydrogen) atoms. The average molecular weight is 263 g/mol. The highest BCUT2D eigenvalue weighted by Crippen LogP contribution is 2.17. The minimum Gasteiger partial charge on any atom is -0.150 e. The Labute approximate surface area is 110 Å². The topological polar surface area (TPSA) is 26.3 Å². The van der Waals surface area contributed by atoms with Crippen LogP contribution in [0.15, 0.2) is 60.7 Å². The fourth-order valence-electron chi connectivity index (χ4n) is 1.26. The Hall–Kier alpha value is -1.50. The van der Waals surface area contributed by atoms with Crippen molar-refractivity contribution in [1.29, 1.82) is 0 Å². The Morgan fingerprint density at radius 1 is 0.833 bits per heavy atom. The van der Waals surface area contributed by atoms with Crippen molar-refractivity contribution in [3.8, 4) is 11.1 Å². The summed E-state index contributed by atoms with van der Waals surface area (Å²) in [6, 6.07) is 20.8. The van der Waals surface area contributed by atoms with Gasteiger partial charge in [0, 0.05) is 0 Å². The maximum absolute atomic E-state index is 9.74. The van der Waals surface area contributed by atoms with Crippen LogP contribution < -0.4 is 0 Å². The second-order valence-electron chi connectivity index (χ2n) is 3.35.